The maximum atomic E-state index is 12.1. The van der Waals surface area contributed by atoms with Crippen molar-refractivity contribution in [2.45, 2.75) is 38.0 Å². The molecule has 1 aromatic carbocycles. The summed E-state index contributed by atoms with van der Waals surface area (Å²) in [6.07, 6.45) is 4.26. The zero-order valence-electron chi connectivity index (χ0n) is 14.0. The number of carbonyl (C=O) groups is 1. The first-order chi connectivity index (χ1) is 11.7. The molecule has 24 heavy (non-hydrogen) atoms. The Morgan fingerprint density at radius 2 is 2.04 bits per heavy atom. The highest BCUT2D eigenvalue weighted by Crippen LogP contribution is 2.22. The molecule has 2 saturated heterocycles. The minimum atomic E-state index is -0.302. The van der Waals surface area contributed by atoms with E-state index in [-0.39, 0.29) is 18.1 Å². The molecule has 2 aliphatic heterocycles. The van der Waals surface area contributed by atoms with Crippen LogP contribution in [0.15, 0.2) is 42.0 Å². The number of aliphatic hydroxyl groups excluding tert-OH is 1. The van der Waals surface area contributed by atoms with Crippen molar-refractivity contribution in [2.75, 3.05) is 24.6 Å². The van der Waals surface area contributed by atoms with Crippen molar-refractivity contribution in [1.29, 1.82) is 0 Å². The Labute approximate surface area is 148 Å². The van der Waals surface area contributed by atoms with Gasteiger partial charge in [-0.05, 0) is 36.3 Å². The number of β-amino-alcohol motifs (C(OH)–C–C–N with tert-alkyl or cyclic N) is 1. The number of amides is 1. The third-order valence-corrected chi connectivity index (χ3v) is 5.70. The molecule has 3 rings (SSSR count). The predicted octanol–water partition coefficient (Wildman–Crippen LogP) is 2.19. The van der Waals surface area contributed by atoms with E-state index in [1.165, 1.54) is 11.1 Å². The molecule has 2 unspecified atom stereocenters. The molecule has 0 saturated carbocycles. The van der Waals surface area contributed by atoms with Crippen molar-refractivity contribution >= 4 is 17.7 Å². The average molecular weight is 346 g/mol. The highest BCUT2D eigenvalue weighted by molar-refractivity contribution is 7.99. The fourth-order valence-corrected chi connectivity index (χ4v) is 4.43. The number of benzene rings is 1. The fourth-order valence-electron chi connectivity index (χ4n) is 3.41. The quantitative estimate of drug-likeness (QED) is 0.803. The zero-order chi connectivity index (χ0) is 16.8. The van der Waals surface area contributed by atoms with Crippen molar-refractivity contribution in [3.8, 4) is 0 Å². The minimum Gasteiger partial charge on any atom is -0.392 e. The summed E-state index contributed by atoms with van der Waals surface area (Å²) in [5.41, 5.74) is 2.50. The molecular formula is C19H26N2O2S. The van der Waals surface area contributed by atoms with E-state index in [0.717, 1.165) is 37.3 Å². The van der Waals surface area contributed by atoms with Crippen molar-refractivity contribution in [1.82, 2.24) is 10.2 Å². The molecule has 130 valence electrons. The lowest BCUT2D eigenvalue weighted by molar-refractivity contribution is -0.116. The van der Waals surface area contributed by atoms with Crippen LogP contribution in [0.3, 0.4) is 0 Å². The molecule has 0 radical (unpaired) electrons. The lowest BCUT2D eigenvalue weighted by Gasteiger charge is -2.24. The van der Waals surface area contributed by atoms with Crippen LogP contribution < -0.4 is 5.32 Å². The van der Waals surface area contributed by atoms with E-state index in [9.17, 15) is 9.90 Å². The van der Waals surface area contributed by atoms with E-state index in [2.05, 4.69) is 22.3 Å². The molecule has 2 atom stereocenters. The molecule has 1 amide bonds. The van der Waals surface area contributed by atoms with E-state index in [1.54, 1.807) is 6.08 Å². The summed E-state index contributed by atoms with van der Waals surface area (Å²) in [5.74, 6) is 2.26. The van der Waals surface area contributed by atoms with Gasteiger partial charge in [0.2, 0.25) is 5.91 Å². The molecule has 1 aromatic rings. The fraction of sp³-hybridized carbons (Fsp3) is 0.526. The highest BCUT2D eigenvalue weighted by Gasteiger charge is 2.30. The van der Waals surface area contributed by atoms with E-state index in [4.69, 9.17) is 0 Å². The number of carbonyl (C=O) groups excluding carboxylic acids is 1. The van der Waals surface area contributed by atoms with Crippen LogP contribution in [0.25, 0.3) is 0 Å². The number of hydrogen-bond donors (Lipinski definition) is 2. The number of allylic oxidation sites excluding steroid dienone is 1. The second-order valence-corrected chi connectivity index (χ2v) is 7.84. The van der Waals surface area contributed by atoms with Crippen LogP contribution in [0.4, 0.5) is 0 Å². The van der Waals surface area contributed by atoms with E-state index >= 15 is 0 Å². The third kappa shape index (κ3) is 5.10. The summed E-state index contributed by atoms with van der Waals surface area (Å²) in [7, 11) is 0. The van der Waals surface area contributed by atoms with Crippen LogP contribution in [-0.2, 0) is 11.3 Å². The van der Waals surface area contributed by atoms with Gasteiger partial charge < -0.3 is 10.4 Å². The van der Waals surface area contributed by atoms with Gasteiger partial charge in [-0.1, -0.05) is 35.9 Å². The molecule has 2 fully saturated rings. The van der Waals surface area contributed by atoms with Gasteiger partial charge in [0.25, 0.3) is 0 Å². The molecular weight excluding hydrogens is 320 g/mol. The highest BCUT2D eigenvalue weighted by atomic mass is 32.2. The van der Waals surface area contributed by atoms with Gasteiger partial charge in [0.05, 0.1) is 6.10 Å². The summed E-state index contributed by atoms with van der Waals surface area (Å²) in [6.45, 7) is 2.09. The normalized spacial score (nSPS) is 24.8. The Morgan fingerprint density at radius 3 is 2.79 bits per heavy atom. The number of hydrogen-bond acceptors (Lipinski definition) is 4. The number of likely N-dealkylation sites (tertiary alicyclic amines) is 1. The molecule has 2 aliphatic rings. The third-order valence-electron chi connectivity index (χ3n) is 4.72. The Bertz CT molecular complexity index is 568. The monoisotopic (exact) mass is 346 g/mol. The molecule has 5 heteroatoms. The smallest absolute Gasteiger partial charge is 0.243 e. The maximum absolute atomic E-state index is 12.1. The van der Waals surface area contributed by atoms with Crippen LogP contribution in [0.1, 0.15) is 24.8 Å². The summed E-state index contributed by atoms with van der Waals surface area (Å²) >= 11 is 1.95. The first-order valence-corrected chi connectivity index (χ1v) is 9.87. The van der Waals surface area contributed by atoms with Gasteiger partial charge in [-0.2, -0.15) is 11.8 Å². The van der Waals surface area contributed by atoms with Crippen molar-refractivity contribution in [3.63, 3.8) is 0 Å². The average Bonchev–Trinajstić information content (AvgIpc) is 2.94. The van der Waals surface area contributed by atoms with Gasteiger partial charge in [0.15, 0.2) is 0 Å². The maximum Gasteiger partial charge on any atom is 0.243 e. The first kappa shape index (κ1) is 17.5. The summed E-state index contributed by atoms with van der Waals surface area (Å²) < 4.78 is 0. The van der Waals surface area contributed by atoms with Crippen LogP contribution in [-0.4, -0.2) is 52.7 Å². The lowest BCUT2D eigenvalue weighted by Crippen LogP contribution is -2.39. The van der Waals surface area contributed by atoms with E-state index < -0.39 is 0 Å². The summed E-state index contributed by atoms with van der Waals surface area (Å²) in [6, 6.07) is 10.5. The van der Waals surface area contributed by atoms with E-state index in [0.29, 0.717) is 13.1 Å². The number of thioether (sulfide) groups is 1. The van der Waals surface area contributed by atoms with E-state index in [1.807, 2.05) is 30.0 Å². The van der Waals surface area contributed by atoms with Crippen LogP contribution in [0.2, 0.25) is 0 Å². The van der Waals surface area contributed by atoms with Crippen LogP contribution in [0, 0.1) is 0 Å². The molecule has 2 N–H and O–H groups in total. The predicted molar refractivity (Wildman–Crippen MR) is 98.9 cm³/mol. The summed E-state index contributed by atoms with van der Waals surface area (Å²) in [5, 5.41) is 13.0. The standard InChI is InChI=1S/C19H26N2O2S/c22-18-11-17(21(14-18)13-16-4-2-1-3-5-16)12-20-19(23)10-15-6-8-24-9-7-15/h1-5,10,17-18,22H,6-9,11-14H2,(H,20,23). The Balaban J connectivity index is 1.51. The Morgan fingerprint density at radius 1 is 1.29 bits per heavy atom. The minimum absolute atomic E-state index is 0.0120. The molecule has 0 bridgehead atoms. The molecule has 0 spiro atoms. The van der Waals surface area contributed by atoms with Crippen molar-refractivity contribution < 1.29 is 9.90 Å². The SMILES string of the molecule is O=C(C=C1CCSCC1)NCC1CC(O)CN1Cc1ccccc1. The zero-order valence-corrected chi connectivity index (χ0v) is 14.8. The molecule has 2 heterocycles. The molecule has 0 aliphatic carbocycles. The van der Waals surface area contributed by atoms with Gasteiger partial charge in [0.1, 0.15) is 0 Å². The number of aliphatic hydroxyl groups is 1. The van der Waals surface area contributed by atoms with Gasteiger partial charge in [-0.25, -0.2) is 0 Å². The van der Waals surface area contributed by atoms with Gasteiger partial charge in [0, 0.05) is 31.8 Å². The Kier molecular flexibility index (Phi) is 6.35. The first-order valence-electron chi connectivity index (χ1n) is 8.72. The van der Waals surface area contributed by atoms with Crippen molar-refractivity contribution in [2.24, 2.45) is 0 Å². The largest absolute Gasteiger partial charge is 0.392 e. The van der Waals surface area contributed by atoms with Gasteiger partial charge in [-0.3, -0.25) is 9.69 Å². The number of rotatable bonds is 5. The molecule has 0 aromatic heterocycles. The topological polar surface area (TPSA) is 52.6 Å². The molecule has 4 nitrogen and oxygen atoms in total. The van der Waals surface area contributed by atoms with Gasteiger partial charge >= 0.3 is 0 Å². The summed E-state index contributed by atoms with van der Waals surface area (Å²) in [4.78, 5) is 14.4. The van der Waals surface area contributed by atoms with Gasteiger partial charge in [-0.15, -0.1) is 0 Å². The number of nitrogens with one attached hydrogen (secondary N) is 1. The van der Waals surface area contributed by atoms with Crippen LogP contribution >= 0.6 is 11.8 Å². The van der Waals surface area contributed by atoms with Crippen LogP contribution in [0.5, 0.6) is 0 Å². The second-order valence-electron chi connectivity index (χ2n) is 6.62. The number of nitrogens with zero attached hydrogens (tertiary/aromatic N) is 1. The lowest BCUT2D eigenvalue weighted by atomic mass is 10.1. The Hall–Kier alpha value is -1.30. The second kappa shape index (κ2) is 8.70. The van der Waals surface area contributed by atoms with Crippen molar-refractivity contribution in [3.05, 3.63) is 47.5 Å².